The molecular weight excluding hydrogens is 418 g/mol. The SMILES string of the molecule is O=S(=O)([PH]1=NP=NP=N1)C(F)(F)C(F)(F)C(F)(F)C(F)(F)F. The molecule has 1 atom stereocenters. The summed E-state index contributed by atoms with van der Waals surface area (Å²) < 4.78 is 145. The summed E-state index contributed by atoms with van der Waals surface area (Å²) in [5, 5.41) is -6.73. The number of alkyl halides is 9. The maximum Gasteiger partial charge on any atom is 0.460 e. The van der Waals surface area contributed by atoms with Crippen LogP contribution in [0.15, 0.2) is 13.5 Å². The smallest absolute Gasteiger partial charge is 0.215 e. The van der Waals surface area contributed by atoms with Gasteiger partial charge < -0.3 is 0 Å². The molecule has 0 aliphatic carbocycles. The van der Waals surface area contributed by atoms with Crippen molar-refractivity contribution >= 4 is 33.6 Å². The summed E-state index contributed by atoms with van der Waals surface area (Å²) in [7, 11) is -11.6. The first-order chi connectivity index (χ1) is 9.61. The first-order valence-corrected chi connectivity index (χ1v) is 9.64. The van der Waals surface area contributed by atoms with E-state index in [4.69, 9.17) is 0 Å². The molecule has 1 rings (SSSR count). The molecular formula is C4HF9N3O2P3S. The molecule has 0 spiro atoms. The Morgan fingerprint density at radius 1 is 0.818 bits per heavy atom. The van der Waals surface area contributed by atoms with Crippen molar-refractivity contribution in [2.45, 2.75) is 23.3 Å². The highest BCUT2D eigenvalue weighted by atomic mass is 32.8. The first-order valence-electron chi connectivity index (χ1n) is 4.44. The lowest BCUT2D eigenvalue weighted by Crippen LogP contribution is -2.62. The average Bonchev–Trinajstić information content (AvgIpc) is 2.37. The van der Waals surface area contributed by atoms with Crippen LogP contribution in [-0.2, 0) is 9.46 Å². The highest BCUT2D eigenvalue weighted by molar-refractivity contribution is 8.47. The van der Waals surface area contributed by atoms with Crippen LogP contribution in [0.25, 0.3) is 0 Å². The normalized spacial score (nSPS) is 22.3. The molecule has 22 heavy (non-hydrogen) atoms. The molecule has 1 heterocycles. The van der Waals surface area contributed by atoms with Crippen LogP contribution in [0.4, 0.5) is 39.5 Å². The fourth-order valence-corrected chi connectivity index (χ4v) is 8.44. The Morgan fingerprint density at radius 3 is 1.68 bits per heavy atom. The molecule has 0 aromatic rings. The summed E-state index contributed by atoms with van der Waals surface area (Å²) in [6.45, 7) is 0. The molecule has 0 N–H and O–H groups in total. The molecule has 5 nitrogen and oxygen atoms in total. The molecule has 0 bridgehead atoms. The molecule has 0 aromatic carbocycles. The van der Waals surface area contributed by atoms with E-state index in [0.29, 0.717) is 0 Å². The maximum atomic E-state index is 13.3. The van der Waals surface area contributed by atoms with Crippen LogP contribution >= 0.6 is 24.1 Å². The summed E-state index contributed by atoms with van der Waals surface area (Å²) in [6, 6.07) is 0. The second-order valence-corrected chi connectivity index (χ2v) is 10.9. The third kappa shape index (κ3) is 2.81. The summed E-state index contributed by atoms with van der Waals surface area (Å²) in [4.78, 5) is 0. The zero-order valence-electron chi connectivity index (χ0n) is 9.36. The molecule has 1 aliphatic heterocycles. The predicted molar refractivity (Wildman–Crippen MR) is 59.3 cm³/mol. The number of hydrogen-bond acceptors (Lipinski definition) is 5. The van der Waals surface area contributed by atoms with E-state index in [9.17, 15) is 47.9 Å². The van der Waals surface area contributed by atoms with Gasteiger partial charge in [-0.25, -0.2) is 8.42 Å². The second kappa shape index (κ2) is 5.68. The van der Waals surface area contributed by atoms with Crippen molar-refractivity contribution in [3.8, 4) is 0 Å². The summed E-state index contributed by atoms with van der Waals surface area (Å²) >= 11 is 0. The fraction of sp³-hybridized carbons (Fsp3) is 1.00. The Labute approximate surface area is 119 Å². The molecule has 1 unspecified atom stereocenters. The summed E-state index contributed by atoms with van der Waals surface area (Å²) in [5.74, 6) is -14.5. The highest BCUT2D eigenvalue weighted by Crippen LogP contribution is 2.60. The van der Waals surface area contributed by atoms with Crippen molar-refractivity contribution < 1.29 is 47.9 Å². The minimum absolute atomic E-state index is 0.496. The zero-order valence-corrected chi connectivity index (χ0v) is 13.0. The minimum atomic E-state index is -7.28. The monoisotopic (exact) mass is 419 g/mol. The van der Waals surface area contributed by atoms with E-state index >= 15 is 0 Å². The van der Waals surface area contributed by atoms with Gasteiger partial charge in [0.15, 0.2) is 24.1 Å². The van der Waals surface area contributed by atoms with Crippen molar-refractivity contribution in [3.05, 3.63) is 0 Å². The number of hydrogen-bond donors (Lipinski definition) is 0. The fourth-order valence-electron chi connectivity index (χ4n) is 0.906. The van der Waals surface area contributed by atoms with Gasteiger partial charge in [-0.1, -0.05) is 0 Å². The van der Waals surface area contributed by atoms with Crippen LogP contribution in [0.2, 0.25) is 0 Å². The lowest BCUT2D eigenvalue weighted by molar-refractivity contribution is -0.381. The van der Waals surface area contributed by atoms with Gasteiger partial charge in [-0.3, -0.25) is 0 Å². The van der Waals surface area contributed by atoms with Crippen molar-refractivity contribution in [2.24, 2.45) is 13.5 Å². The summed E-state index contributed by atoms with van der Waals surface area (Å²) in [6.07, 6.45) is -7.10. The molecule has 0 fully saturated rings. The largest absolute Gasteiger partial charge is 0.460 e. The van der Waals surface area contributed by atoms with Gasteiger partial charge in [0.2, 0.25) is 0 Å². The Balaban J connectivity index is 3.48. The van der Waals surface area contributed by atoms with Crippen LogP contribution in [0.1, 0.15) is 0 Å². The quantitative estimate of drug-likeness (QED) is 0.467. The topological polar surface area (TPSA) is 71.2 Å². The zero-order chi connectivity index (χ0) is 17.6. The molecule has 0 saturated carbocycles. The Hall–Kier alpha value is -0.250. The van der Waals surface area contributed by atoms with Crippen LogP contribution < -0.4 is 0 Å². The molecule has 1 aliphatic rings. The third-order valence-corrected chi connectivity index (χ3v) is 9.85. The van der Waals surface area contributed by atoms with Gasteiger partial charge in [0.1, 0.15) is 0 Å². The lowest BCUT2D eigenvalue weighted by Gasteiger charge is -2.32. The third-order valence-electron chi connectivity index (χ3n) is 2.03. The molecule has 128 valence electrons. The molecule has 0 radical (unpaired) electrons. The van der Waals surface area contributed by atoms with Crippen LogP contribution in [0, 0.1) is 0 Å². The van der Waals surface area contributed by atoms with Crippen molar-refractivity contribution in [1.29, 1.82) is 0 Å². The van der Waals surface area contributed by atoms with E-state index in [1.165, 1.54) is 0 Å². The van der Waals surface area contributed by atoms with E-state index in [1.54, 1.807) is 0 Å². The van der Waals surface area contributed by atoms with E-state index in [2.05, 4.69) is 13.5 Å². The van der Waals surface area contributed by atoms with Gasteiger partial charge in [0, 0.05) is 0 Å². The van der Waals surface area contributed by atoms with Gasteiger partial charge in [0.25, 0.3) is 9.46 Å². The van der Waals surface area contributed by atoms with E-state index in [-0.39, 0.29) is 0 Å². The summed E-state index contributed by atoms with van der Waals surface area (Å²) in [5.41, 5.74) is 0. The number of nitrogens with zero attached hydrogens (tertiary/aromatic N) is 3. The Bertz CT molecular complexity index is 654. The molecule has 18 heteroatoms. The van der Waals surface area contributed by atoms with Gasteiger partial charge >= 0.3 is 23.3 Å². The van der Waals surface area contributed by atoms with Crippen molar-refractivity contribution in [2.75, 3.05) is 0 Å². The van der Waals surface area contributed by atoms with Crippen molar-refractivity contribution in [3.63, 3.8) is 0 Å². The van der Waals surface area contributed by atoms with E-state index in [1.807, 2.05) is 0 Å². The first kappa shape index (κ1) is 19.8. The van der Waals surface area contributed by atoms with Crippen LogP contribution in [0.3, 0.4) is 0 Å². The molecule has 0 saturated heterocycles. The maximum absolute atomic E-state index is 13.3. The Kier molecular flexibility index (Phi) is 5.11. The molecule has 0 amide bonds. The molecule has 0 aromatic heterocycles. The van der Waals surface area contributed by atoms with E-state index in [0.717, 1.165) is 0 Å². The van der Waals surface area contributed by atoms with Gasteiger partial charge in [-0.2, -0.15) is 53.1 Å². The van der Waals surface area contributed by atoms with Crippen LogP contribution in [-0.4, -0.2) is 31.7 Å². The minimum Gasteiger partial charge on any atom is -0.215 e. The van der Waals surface area contributed by atoms with Crippen LogP contribution in [0.5, 0.6) is 0 Å². The lowest BCUT2D eigenvalue weighted by atomic mass is 10.1. The standard InChI is InChI=1S/C4HF9N3O2P3S/c5-1(6,3(9,10)11)2(7,8)4(12,13)22(17,18)21-15-19-14-20-16-21/h21H. The predicted octanol–water partition coefficient (Wildman–Crippen LogP) is 5.16. The van der Waals surface area contributed by atoms with Gasteiger partial charge in [-0.15, -0.1) is 0 Å². The van der Waals surface area contributed by atoms with E-state index < -0.39 is 56.8 Å². The van der Waals surface area contributed by atoms with Crippen molar-refractivity contribution in [1.82, 2.24) is 0 Å². The Morgan fingerprint density at radius 2 is 1.32 bits per heavy atom. The second-order valence-electron chi connectivity index (χ2n) is 3.42. The van der Waals surface area contributed by atoms with Gasteiger partial charge in [-0.05, 0) is 0 Å². The number of rotatable bonds is 4. The highest BCUT2D eigenvalue weighted by Gasteiger charge is 2.85. The number of halogens is 9. The van der Waals surface area contributed by atoms with Gasteiger partial charge in [0.05, 0.1) is 0 Å². The average molecular weight is 419 g/mol.